The van der Waals surface area contributed by atoms with E-state index >= 15 is 0 Å². The fourth-order valence-corrected chi connectivity index (χ4v) is 3.36. The zero-order valence-electron chi connectivity index (χ0n) is 16.0. The van der Waals surface area contributed by atoms with Gasteiger partial charge >= 0.3 is 0 Å². The Balaban J connectivity index is 1.48. The summed E-state index contributed by atoms with van der Waals surface area (Å²) in [6, 6.07) is 5.17. The number of carbonyl (C=O) groups excluding carboxylic acids is 1. The molecule has 1 aliphatic rings. The van der Waals surface area contributed by atoms with E-state index in [1.54, 1.807) is 49.8 Å². The van der Waals surface area contributed by atoms with E-state index < -0.39 is 0 Å². The van der Waals surface area contributed by atoms with Gasteiger partial charge in [0.1, 0.15) is 5.69 Å². The zero-order chi connectivity index (χ0) is 19.7. The topological polar surface area (TPSA) is 95.5 Å². The number of methoxy groups -OCH3 is 2. The SMILES string of the molecule is COc1ccc(C(=O)N2CCC(c3nnc(-c4cncn4C)o3)C2)cc1OC. The van der Waals surface area contributed by atoms with E-state index in [-0.39, 0.29) is 11.8 Å². The van der Waals surface area contributed by atoms with Crippen molar-refractivity contribution in [3.63, 3.8) is 0 Å². The third-order valence-corrected chi connectivity index (χ3v) is 4.93. The van der Waals surface area contributed by atoms with Crippen molar-refractivity contribution in [1.29, 1.82) is 0 Å². The fourth-order valence-electron chi connectivity index (χ4n) is 3.36. The Hall–Kier alpha value is -3.36. The number of hydrogen-bond donors (Lipinski definition) is 0. The molecule has 1 aliphatic heterocycles. The van der Waals surface area contributed by atoms with E-state index in [2.05, 4.69) is 15.2 Å². The lowest BCUT2D eigenvalue weighted by Crippen LogP contribution is -2.28. The van der Waals surface area contributed by atoms with Crippen LogP contribution in [-0.4, -0.2) is 57.9 Å². The Labute approximate surface area is 161 Å². The number of amides is 1. The number of imidazole rings is 1. The molecule has 1 saturated heterocycles. The van der Waals surface area contributed by atoms with Crippen LogP contribution in [0.4, 0.5) is 0 Å². The predicted molar refractivity (Wildman–Crippen MR) is 99.3 cm³/mol. The van der Waals surface area contributed by atoms with Gasteiger partial charge in [0.15, 0.2) is 11.5 Å². The maximum atomic E-state index is 12.9. The van der Waals surface area contributed by atoms with Crippen molar-refractivity contribution in [2.75, 3.05) is 27.3 Å². The van der Waals surface area contributed by atoms with E-state index in [1.807, 2.05) is 11.6 Å². The second-order valence-electron chi connectivity index (χ2n) is 6.64. The van der Waals surface area contributed by atoms with E-state index in [9.17, 15) is 4.79 Å². The van der Waals surface area contributed by atoms with E-state index in [1.165, 1.54) is 0 Å². The molecular weight excluding hydrogens is 362 g/mol. The quantitative estimate of drug-likeness (QED) is 0.666. The van der Waals surface area contributed by atoms with Crippen molar-refractivity contribution >= 4 is 5.91 Å². The molecule has 0 radical (unpaired) electrons. The largest absolute Gasteiger partial charge is 0.493 e. The van der Waals surface area contributed by atoms with Crippen LogP contribution in [0.1, 0.15) is 28.6 Å². The van der Waals surface area contributed by atoms with Crippen LogP contribution in [0.2, 0.25) is 0 Å². The highest BCUT2D eigenvalue weighted by Gasteiger charge is 2.32. The Morgan fingerprint density at radius 2 is 2.04 bits per heavy atom. The lowest BCUT2D eigenvalue weighted by molar-refractivity contribution is 0.0789. The summed E-state index contributed by atoms with van der Waals surface area (Å²) < 4.78 is 18.2. The van der Waals surface area contributed by atoms with E-state index in [4.69, 9.17) is 13.9 Å². The third kappa shape index (κ3) is 3.19. The summed E-state index contributed by atoms with van der Waals surface area (Å²) in [5.74, 6) is 2.04. The van der Waals surface area contributed by atoms with Crippen molar-refractivity contribution in [3.05, 3.63) is 42.2 Å². The molecule has 1 aromatic carbocycles. The Kier molecular flexibility index (Phi) is 4.72. The van der Waals surface area contributed by atoms with Gasteiger partial charge in [-0.15, -0.1) is 10.2 Å². The molecule has 2 aromatic heterocycles. The summed E-state index contributed by atoms with van der Waals surface area (Å²) in [6.07, 6.45) is 4.13. The van der Waals surface area contributed by atoms with Crippen molar-refractivity contribution in [3.8, 4) is 23.1 Å². The molecule has 1 unspecified atom stereocenters. The molecule has 1 fully saturated rings. The summed E-state index contributed by atoms with van der Waals surface area (Å²) >= 11 is 0. The summed E-state index contributed by atoms with van der Waals surface area (Å²) in [5, 5.41) is 8.30. The Bertz CT molecular complexity index is 996. The number of aryl methyl sites for hydroxylation is 1. The molecule has 146 valence electrons. The van der Waals surface area contributed by atoms with Gasteiger partial charge in [-0.3, -0.25) is 4.79 Å². The minimum atomic E-state index is -0.0603. The highest BCUT2D eigenvalue weighted by Crippen LogP contribution is 2.31. The number of hydrogen-bond acceptors (Lipinski definition) is 7. The molecule has 0 aliphatic carbocycles. The Morgan fingerprint density at radius 3 is 2.75 bits per heavy atom. The molecule has 28 heavy (non-hydrogen) atoms. The molecular formula is C19H21N5O4. The molecule has 3 aromatic rings. The molecule has 0 saturated carbocycles. The highest BCUT2D eigenvalue weighted by molar-refractivity contribution is 5.95. The van der Waals surface area contributed by atoms with Gasteiger partial charge in [0.2, 0.25) is 5.89 Å². The molecule has 9 heteroatoms. The first-order chi connectivity index (χ1) is 13.6. The molecule has 1 atom stereocenters. The molecule has 0 N–H and O–H groups in total. The van der Waals surface area contributed by atoms with E-state index in [0.29, 0.717) is 41.9 Å². The van der Waals surface area contributed by atoms with Crippen molar-refractivity contribution in [2.24, 2.45) is 7.05 Å². The standard InChI is InChI=1S/C19H21N5O4/c1-23-11-20-9-14(23)18-22-21-17(28-18)13-6-7-24(10-13)19(25)12-4-5-15(26-2)16(8-12)27-3/h4-5,8-9,11,13H,6-7,10H2,1-3H3. The molecule has 0 bridgehead atoms. The number of ether oxygens (including phenoxy) is 2. The van der Waals surface area contributed by atoms with Gasteiger partial charge in [-0.25, -0.2) is 4.98 Å². The normalized spacial score (nSPS) is 16.4. The molecule has 9 nitrogen and oxygen atoms in total. The summed E-state index contributed by atoms with van der Waals surface area (Å²) in [7, 11) is 4.98. The fraction of sp³-hybridized carbons (Fsp3) is 0.368. The van der Waals surface area contributed by atoms with Crippen LogP contribution in [0.5, 0.6) is 11.5 Å². The summed E-state index contributed by atoms with van der Waals surface area (Å²) in [6.45, 7) is 1.15. The number of carbonyl (C=O) groups is 1. The van der Waals surface area contributed by atoms with Gasteiger partial charge in [-0.05, 0) is 24.6 Å². The van der Waals surface area contributed by atoms with Gasteiger partial charge in [-0.2, -0.15) is 0 Å². The number of rotatable bonds is 5. The Morgan fingerprint density at radius 1 is 1.21 bits per heavy atom. The maximum absolute atomic E-state index is 12.9. The van der Waals surface area contributed by atoms with Gasteiger partial charge in [-0.1, -0.05) is 0 Å². The van der Waals surface area contributed by atoms with Crippen molar-refractivity contribution < 1.29 is 18.7 Å². The lowest BCUT2D eigenvalue weighted by Gasteiger charge is -2.17. The van der Waals surface area contributed by atoms with Gasteiger partial charge in [0.25, 0.3) is 11.8 Å². The van der Waals surface area contributed by atoms with Crippen molar-refractivity contribution in [1.82, 2.24) is 24.6 Å². The number of aromatic nitrogens is 4. The first-order valence-corrected chi connectivity index (χ1v) is 8.92. The second kappa shape index (κ2) is 7.34. The molecule has 1 amide bonds. The van der Waals surface area contributed by atoms with Crippen LogP contribution >= 0.6 is 0 Å². The third-order valence-electron chi connectivity index (χ3n) is 4.93. The minimum Gasteiger partial charge on any atom is -0.493 e. The second-order valence-corrected chi connectivity index (χ2v) is 6.64. The molecule has 0 spiro atoms. The smallest absolute Gasteiger partial charge is 0.265 e. The number of benzene rings is 1. The van der Waals surface area contributed by atoms with Crippen LogP contribution in [-0.2, 0) is 7.05 Å². The van der Waals surface area contributed by atoms with Crippen LogP contribution < -0.4 is 9.47 Å². The zero-order valence-corrected chi connectivity index (χ0v) is 16.0. The average Bonchev–Trinajstić information content (AvgIpc) is 3.46. The summed E-state index contributed by atoms with van der Waals surface area (Å²) in [4.78, 5) is 18.7. The summed E-state index contributed by atoms with van der Waals surface area (Å²) in [5.41, 5.74) is 1.31. The molecule has 3 heterocycles. The monoisotopic (exact) mass is 383 g/mol. The molecule has 4 rings (SSSR count). The van der Waals surface area contributed by atoms with Crippen LogP contribution in [0.25, 0.3) is 11.6 Å². The van der Waals surface area contributed by atoms with Crippen LogP contribution in [0, 0.1) is 0 Å². The maximum Gasteiger partial charge on any atom is 0.265 e. The van der Waals surface area contributed by atoms with Gasteiger partial charge in [0, 0.05) is 25.7 Å². The number of nitrogens with zero attached hydrogens (tertiary/aromatic N) is 5. The van der Waals surface area contributed by atoms with Crippen LogP contribution in [0.3, 0.4) is 0 Å². The van der Waals surface area contributed by atoms with Gasteiger partial charge in [0.05, 0.1) is 32.7 Å². The van der Waals surface area contributed by atoms with Crippen LogP contribution in [0.15, 0.2) is 35.1 Å². The lowest BCUT2D eigenvalue weighted by atomic mass is 10.1. The number of likely N-dealkylation sites (tertiary alicyclic amines) is 1. The van der Waals surface area contributed by atoms with Crippen molar-refractivity contribution in [2.45, 2.75) is 12.3 Å². The first-order valence-electron chi connectivity index (χ1n) is 8.92. The first kappa shape index (κ1) is 18.0. The highest BCUT2D eigenvalue weighted by atomic mass is 16.5. The average molecular weight is 383 g/mol. The minimum absolute atomic E-state index is 0.0126. The predicted octanol–water partition coefficient (Wildman–Crippen LogP) is 2.12. The van der Waals surface area contributed by atoms with E-state index in [0.717, 1.165) is 12.1 Å². The van der Waals surface area contributed by atoms with Gasteiger partial charge < -0.3 is 23.4 Å².